The number of imidazole rings is 1. The van der Waals surface area contributed by atoms with Crippen LogP contribution in [0.25, 0.3) is 11.0 Å². The number of hydrogen-bond donors (Lipinski definition) is 1. The highest BCUT2D eigenvalue weighted by molar-refractivity contribution is 6.31. The Bertz CT molecular complexity index is 502. The first-order chi connectivity index (χ1) is 8.15. The van der Waals surface area contributed by atoms with Crippen LogP contribution in [0.4, 0.5) is 0 Å². The zero-order chi connectivity index (χ0) is 12.4. The van der Waals surface area contributed by atoms with Gasteiger partial charge in [-0.3, -0.25) is 4.90 Å². The summed E-state index contributed by atoms with van der Waals surface area (Å²) in [7, 11) is 0. The van der Waals surface area contributed by atoms with Crippen LogP contribution in [-0.4, -0.2) is 28.0 Å². The second kappa shape index (κ2) is 5.07. The van der Waals surface area contributed by atoms with Crippen molar-refractivity contribution in [1.29, 1.82) is 0 Å². The van der Waals surface area contributed by atoms with Gasteiger partial charge in [-0.15, -0.1) is 0 Å². The fourth-order valence-electron chi connectivity index (χ4n) is 2.14. The van der Waals surface area contributed by atoms with E-state index in [9.17, 15) is 0 Å². The van der Waals surface area contributed by atoms with Gasteiger partial charge in [0.15, 0.2) is 0 Å². The van der Waals surface area contributed by atoms with Crippen LogP contribution in [-0.2, 0) is 0 Å². The van der Waals surface area contributed by atoms with Crippen molar-refractivity contribution in [2.24, 2.45) is 0 Å². The van der Waals surface area contributed by atoms with Gasteiger partial charge < -0.3 is 4.98 Å². The van der Waals surface area contributed by atoms with E-state index in [0.29, 0.717) is 6.04 Å². The molecule has 92 valence electrons. The lowest BCUT2D eigenvalue weighted by molar-refractivity contribution is 0.227. The zero-order valence-corrected chi connectivity index (χ0v) is 11.3. The first-order valence-electron chi connectivity index (χ1n) is 6.05. The molecule has 1 atom stereocenters. The summed E-state index contributed by atoms with van der Waals surface area (Å²) in [6.45, 7) is 8.55. The van der Waals surface area contributed by atoms with Crippen LogP contribution in [0.1, 0.15) is 32.6 Å². The topological polar surface area (TPSA) is 31.9 Å². The Morgan fingerprint density at radius 2 is 2.06 bits per heavy atom. The summed E-state index contributed by atoms with van der Waals surface area (Å²) in [5, 5.41) is 0.739. The van der Waals surface area contributed by atoms with E-state index in [1.807, 2.05) is 18.2 Å². The number of aromatic amines is 1. The molecular formula is C13H18ClN3. The molecule has 1 aromatic carbocycles. The van der Waals surface area contributed by atoms with Crippen LogP contribution in [0.5, 0.6) is 0 Å². The molecule has 0 aliphatic rings. The van der Waals surface area contributed by atoms with Crippen molar-refractivity contribution in [2.45, 2.75) is 26.8 Å². The highest BCUT2D eigenvalue weighted by Gasteiger charge is 2.16. The van der Waals surface area contributed by atoms with E-state index in [2.05, 4.69) is 35.6 Å². The van der Waals surface area contributed by atoms with Gasteiger partial charge in [-0.1, -0.05) is 25.4 Å². The van der Waals surface area contributed by atoms with E-state index in [-0.39, 0.29) is 0 Å². The Kier molecular flexibility index (Phi) is 3.69. The van der Waals surface area contributed by atoms with Crippen LogP contribution in [0.2, 0.25) is 5.02 Å². The van der Waals surface area contributed by atoms with Gasteiger partial charge in [0, 0.05) is 5.02 Å². The number of nitrogens with zero attached hydrogens (tertiary/aromatic N) is 2. The normalized spacial score (nSPS) is 13.5. The summed E-state index contributed by atoms with van der Waals surface area (Å²) < 4.78 is 0. The third-order valence-corrected chi connectivity index (χ3v) is 3.45. The summed E-state index contributed by atoms with van der Waals surface area (Å²) in [5.74, 6) is 1.01. The predicted molar refractivity (Wildman–Crippen MR) is 72.4 cm³/mol. The molecule has 0 spiro atoms. The molecule has 0 aliphatic carbocycles. The number of H-pyrrole nitrogens is 1. The number of rotatable bonds is 4. The van der Waals surface area contributed by atoms with Crippen LogP contribution in [0.15, 0.2) is 18.2 Å². The lowest BCUT2D eigenvalue weighted by Crippen LogP contribution is -2.27. The van der Waals surface area contributed by atoms with Crippen molar-refractivity contribution < 1.29 is 0 Å². The second-order valence-electron chi connectivity index (χ2n) is 4.18. The Balaban J connectivity index is 2.35. The summed E-state index contributed by atoms with van der Waals surface area (Å²) >= 11 is 5.97. The molecule has 0 saturated carbocycles. The van der Waals surface area contributed by atoms with Crippen molar-refractivity contribution in [1.82, 2.24) is 14.9 Å². The lowest BCUT2D eigenvalue weighted by Gasteiger charge is -2.24. The molecule has 0 fully saturated rings. The molecular weight excluding hydrogens is 234 g/mol. The Morgan fingerprint density at radius 1 is 1.35 bits per heavy atom. The van der Waals surface area contributed by atoms with Gasteiger partial charge in [-0.25, -0.2) is 4.98 Å². The van der Waals surface area contributed by atoms with Crippen LogP contribution in [0, 0.1) is 0 Å². The molecule has 1 aromatic heterocycles. The highest BCUT2D eigenvalue weighted by atomic mass is 35.5. The molecule has 1 unspecified atom stereocenters. The zero-order valence-electron chi connectivity index (χ0n) is 10.5. The molecule has 0 aliphatic heterocycles. The van der Waals surface area contributed by atoms with Gasteiger partial charge in [0.1, 0.15) is 5.82 Å². The van der Waals surface area contributed by atoms with E-state index in [1.165, 1.54) is 0 Å². The molecule has 1 heterocycles. The largest absolute Gasteiger partial charge is 0.341 e. The highest BCUT2D eigenvalue weighted by Crippen LogP contribution is 2.22. The fraction of sp³-hybridized carbons (Fsp3) is 0.462. The quantitative estimate of drug-likeness (QED) is 0.900. The number of halogens is 1. The molecule has 17 heavy (non-hydrogen) atoms. The van der Waals surface area contributed by atoms with E-state index in [4.69, 9.17) is 11.6 Å². The molecule has 0 bridgehead atoms. The van der Waals surface area contributed by atoms with Gasteiger partial charge in [-0.2, -0.15) is 0 Å². The number of hydrogen-bond acceptors (Lipinski definition) is 2. The minimum absolute atomic E-state index is 0.302. The van der Waals surface area contributed by atoms with Crippen LogP contribution < -0.4 is 0 Å². The molecule has 3 nitrogen and oxygen atoms in total. The third-order valence-electron chi connectivity index (χ3n) is 3.22. The van der Waals surface area contributed by atoms with Gasteiger partial charge in [0.2, 0.25) is 0 Å². The van der Waals surface area contributed by atoms with Gasteiger partial charge >= 0.3 is 0 Å². The van der Waals surface area contributed by atoms with Crippen LogP contribution in [0.3, 0.4) is 0 Å². The first-order valence-corrected chi connectivity index (χ1v) is 6.42. The number of fused-ring (bicyclic) bond motifs is 1. The molecule has 0 saturated heterocycles. The predicted octanol–water partition coefficient (Wildman–Crippen LogP) is 3.62. The van der Waals surface area contributed by atoms with Crippen molar-refractivity contribution in [3.05, 3.63) is 29.0 Å². The minimum Gasteiger partial charge on any atom is -0.341 e. The maximum atomic E-state index is 5.97. The fourth-order valence-corrected chi connectivity index (χ4v) is 2.32. The minimum atomic E-state index is 0.302. The van der Waals surface area contributed by atoms with E-state index in [0.717, 1.165) is 35.0 Å². The summed E-state index contributed by atoms with van der Waals surface area (Å²) in [5.41, 5.74) is 1.98. The molecule has 0 radical (unpaired) electrons. The summed E-state index contributed by atoms with van der Waals surface area (Å²) in [6, 6.07) is 6.04. The maximum Gasteiger partial charge on any atom is 0.124 e. The van der Waals surface area contributed by atoms with Crippen molar-refractivity contribution in [3.8, 4) is 0 Å². The number of nitrogens with one attached hydrogen (secondary N) is 1. The number of aromatic nitrogens is 2. The van der Waals surface area contributed by atoms with Crippen molar-refractivity contribution in [3.63, 3.8) is 0 Å². The Morgan fingerprint density at radius 3 is 2.71 bits per heavy atom. The van der Waals surface area contributed by atoms with Crippen LogP contribution >= 0.6 is 11.6 Å². The third kappa shape index (κ3) is 2.45. The summed E-state index contributed by atoms with van der Waals surface area (Å²) in [6.07, 6.45) is 0. The molecule has 1 N–H and O–H groups in total. The Hall–Kier alpha value is -1.06. The monoisotopic (exact) mass is 251 g/mol. The Labute approximate surface area is 107 Å². The second-order valence-corrected chi connectivity index (χ2v) is 4.62. The average molecular weight is 252 g/mol. The first kappa shape index (κ1) is 12.4. The number of benzene rings is 1. The van der Waals surface area contributed by atoms with E-state index >= 15 is 0 Å². The molecule has 2 aromatic rings. The lowest BCUT2D eigenvalue weighted by atomic mass is 10.2. The van der Waals surface area contributed by atoms with Crippen molar-refractivity contribution in [2.75, 3.05) is 13.1 Å². The molecule has 4 heteroatoms. The van der Waals surface area contributed by atoms with E-state index in [1.54, 1.807) is 0 Å². The average Bonchev–Trinajstić information content (AvgIpc) is 2.73. The van der Waals surface area contributed by atoms with E-state index < -0.39 is 0 Å². The smallest absolute Gasteiger partial charge is 0.124 e. The standard InChI is InChI=1S/C13H18ClN3/c1-4-17(5-2)9(3)13-15-11-7-6-10(14)8-12(11)16-13/h6-9H,4-5H2,1-3H3,(H,15,16). The van der Waals surface area contributed by atoms with Gasteiger partial charge in [0.05, 0.1) is 17.1 Å². The summed E-state index contributed by atoms with van der Waals surface area (Å²) in [4.78, 5) is 10.3. The molecule has 2 rings (SSSR count). The molecule has 0 amide bonds. The van der Waals surface area contributed by atoms with Gasteiger partial charge in [-0.05, 0) is 38.2 Å². The van der Waals surface area contributed by atoms with Gasteiger partial charge in [0.25, 0.3) is 0 Å². The SMILES string of the molecule is CCN(CC)C(C)c1nc2ccc(Cl)cc2[nH]1. The van der Waals surface area contributed by atoms with Crippen molar-refractivity contribution >= 4 is 22.6 Å². The maximum absolute atomic E-state index is 5.97.